The van der Waals surface area contributed by atoms with Crippen molar-refractivity contribution in [3.05, 3.63) is 84.2 Å². The number of amides is 1. The molecule has 236 valence electrons. The largest absolute Gasteiger partial charge is 0.454 e. The fourth-order valence-corrected chi connectivity index (χ4v) is 6.82. The Bertz CT molecular complexity index is 1540. The van der Waals surface area contributed by atoms with Gasteiger partial charge < -0.3 is 24.4 Å². The lowest BCUT2D eigenvalue weighted by molar-refractivity contribution is -0.0119. The van der Waals surface area contributed by atoms with E-state index in [9.17, 15) is 27.8 Å². The topological polar surface area (TPSA) is 138 Å². The van der Waals surface area contributed by atoms with E-state index in [1.54, 1.807) is 0 Å². The van der Waals surface area contributed by atoms with E-state index in [4.69, 9.17) is 14.2 Å². The van der Waals surface area contributed by atoms with Gasteiger partial charge in [-0.3, -0.25) is 10.2 Å². The van der Waals surface area contributed by atoms with E-state index in [1.807, 2.05) is 44.2 Å². The van der Waals surface area contributed by atoms with E-state index in [0.29, 0.717) is 17.2 Å². The van der Waals surface area contributed by atoms with E-state index in [0.717, 1.165) is 5.56 Å². The van der Waals surface area contributed by atoms with Gasteiger partial charge in [0.25, 0.3) is 0 Å². The fourth-order valence-electron chi connectivity index (χ4n) is 5.18. The van der Waals surface area contributed by atoms with E-state index < -0.39 is 46.4 Å². The maximum Gasteiger partial charge on any atom is 0.414 e. The van der Waals surface area contributed by atoms with E-state index in [1.165, 1.54) is 51.7 Å². The summed E-state index contributed by atoms with van der Waals surface area (Å²) in [5.41, 5.74) is 1.24. The number of aliphatic hydroxyl groups is 2. The fraction of sp³-hybridized carbons (Fsp3) is 0.387. The van der Waals surface area contributed by atoms with Crippen molar-refractivity contribution in [2.45, 2.75) is 49.6 Å². The molecule has 1 fully saturated rings. The number of aliphatic hydroxyl groups excluding tert-OH is 2. The minimum atomic E-state index is -4.07. The van der Waals surface area contributed by atoms with Crippen LogP contribution in [0, 0.1) is 11.7 Å². The molecule has 0 aromatic heterocycles. The molecule has 0 saturated carbocycles. The molecule has 11 nitrogen and oxygen atoms in total. The number of nitrogens with zero attached hydrogens (tertiary/aromatic N) is 2. The number of cyclic esters (lactones) is 1. The zero-order chi connectivity index (χ0) is 31.4. The van der Waals surface area contributed by atoms with Crippen LogP contribution < -0.4 is 19.7 Å². The third-order valence-corrected chi connectivity index (χ3v) is 9.24. The van der Waals surface area contributed by atoms with Gasteiger partial charge in [0.15, 0.2) is 17.6 Å². The van der Waals surface area contributed by atoms with Crippen LogP contribution in [-0.2, 0) is 21.2 Å². The molecule has 3 aromatic carbocycles. The number of nitrogens with one attached hydrogen (secondary N) is 1. The zero-order valence-electron chi connectivity index (χ0n) is 24.4. The molecule has 1 unspecified atom stereocenters. The van der Waals surface area contributed by atoms with Gasteiger partial charge in [-0.25, -0.2) is 17.6 Å². The van der Waals surface area contributed by atoms with Crippen LogP contribution in [0.25, 0.3) is 0 Å². The molecule has 44 heavy (non-hydrogen) atoms. The van der Waals surface area contributed by atoms with Gasteiger partial charge in [-0.1, -0.05) is 44.2 Å². The van der Waals surface area contributed by atoms with Crippen molar-refractivity contribution in [3.63, 3.8) is 0 Å². The quantitative estimate of drug-likeness (QED) is 0.244. The second kappa shape index (κ2) is 13.5. The van der Waals surface area contributed by atoms with Gasteiger partial charge in [0, 0.05) is 30.9 Å². The van der Waals surface area contributed by atoms with E-state index in [2.05, 4.69) is 5.32 Å². The highest BCUT2D eigenvalue weighted by atomic mass is 32.2. The minimum absolute atomic E-state index is 0.000380. The first-order valence-electron chi connectivity index (χ1n) is 14.3. The first-order chi connectivity index (χ1) is 21.0. The van der Waals surface area contributed by atoms with Gasteiger partial charge in [-0.05, 0) is 54.3 Å². The van der Waals surface area contributed by atoms with Crippen molar-refractivity contribution in [2.24, 2.45) is 5.92 Å². The first kappa shape index (κ1) is 31.7. The Kier molecular flexibility index (Phi) is 9.71. The summed E-state index contributed by atoms with van der Waals surface area (Å²) >= 11 is 0. The molecule has 2 aliphatic heterocycles. The number of hydrogen-bond acceptors (Lipinski definition) is 9. The number of carbonyl (C=O) groups excluding carboxylic acids is 1. The van der Waals surface area contributed by atoms with Gasteiger partial charge in [0.1, 0.15) is 12.0 Å². The second-order valence-electron chi connectivity index (χ2n) is 11.2. The van der Waals surface area contributed by atoms with Crippen LogP contribution in [-0.4, -0.2) is 79.9 Å². The second-order valence-corrected chi connectivity index (χ2v) is 13.2. The highest BCUT2D eigenvalue weighted by Gasteiger charge is 2.39. The third kappa shape index (κ3) is 7.30. The number of halogens is 1. The van der Waals surface area contributed by atoms with Gasteiger partial charge in [-0.2, -0.15) is 4.31 Å². The molecule has 0 aliphatic carbocycles. The summed E-state index contributed by atoms with van der Waals surface area (Å²) < 4.78 is 58.3. The molecule has 3 N–H and O–H groups in total. The summed E-state index contributed by atoms with van der Waals surface area (Å²) in [6.07, 6.45) is -4.17. The minimum Gasteiger partial charge on any atom is -0.454 e. The number of sulfonamides is 1. The molecule has 2 heterocycles. The van der Waals surface area contributed by atoms with Crippen LogP contribution in [0.15, 0.2) is 77.7 Å². The van der Waals surface area contributed by atoms with Gasteiger partial charge in [-0.15, -0.1) is 0 Å². The summed E-state index contributed by atoms with van der Waals surface area (Å²) in [6.45, 7) is 3.57. The lowest BCUT2D eigenvalue weighted by atomic mass is 10.00. The average molecular weight is 630 g/mol. The van der Waals surface area contributed by atoms with Crippen molar-refractivity contribution < 1.29 is 42.0 Å². The van der Waals surface area contributed by atoms with Crippen molar-refractivity contribution in [3.8, 4) is 11.5 Å². The summed E-state index contributed by atoms with van der Waals surface area (Å²) in [6, 6.07) is 18.1. The Morgan fingerprint density at radius 3 is 2.41 bits per heavy atom. The van der Waals surface area contributed by atoms with Crippen LogP contribution in [0.3, 0.4) is 0 Å². The van der Waals surface area contributed by atoms with Crippen LogP contribution in [0.1, 0.15) is 19.4 Å². The van der Waals surface area contributed by atoms with Crippen LogP contribution in [0.4, 0.5) is 14.9 Å². The number of benzene rings is 3. The molecule has 1 saturated heterocycles. The number of fused-ring (bicyclic) bond motifs is 1. The Morgan fingerprint density at radius 1 is 1.00 bits per heavy atom. The number of hydrogen-bond donors (Lipinski definition) is 3. The monoisotopic (exact) mass is 629 g/mol. The molecule has 0 radical (unpaired) electrons. The Balaban J connectivity index is 1.35. The maximum atomic E-state index is 13.8. The van der Waals surface area contributed by atoms with Crippen molar-refractivity contribution in [1.82, 2.24) is 9.62 Å². The Labute approximate surface area is 255 Å². The smallest absolute Gasteiger partial charge is 0.414 e. The molecular formula is C31H36FN3O8S. The molecule has 5 rings (SSSR count). The van der Waals surface area contributed by atoms with E-state index >= 15 is 0 Å². The predicted molar refractivity (Wildman–Crippen MR) is 159 cm³/mol. The first-order valence-corrected chi connectivity index (χ1v) is 15.7. The molecule has 2 aliphatic rings. The van der Waals surface area contributed by atoms with Crippen molar-refractivity contribution in [1.29, 1.82) is 0 Å². The molecule has 1 amide bonds. The standard InChI is InChI=1S/C31H36FN3O8S/c1-20(2)16-34(44(39,40)24-12-13-27-28(15-24)42-19-41-27)17-26(36)25(14-21-6-4-3-5-7-21)33-30(37)29-18-35(31(38)43-29)23-10-8-22(32)9-11-23/h3-13,15,20,25-26,29-30,33,36-37H,14,16-19H2,1-2H3/t25-,26+,29-,30?/m0/s1. The summed E-state index contributed by atoms with van der Waals surface area (Å²) in [5.74, 6) is 0.256. The molecule has 0 spiro atoms. The van der Waals surface area contributed by atoms with Crippen molar-refractivity contribution in [2.75, 3.05) is 31.3 Å². The SMILES string of the molecule is CC(C)CN(C[C@@H](O)[C@H](Cc1ccccc1)NC(O)[C@@H]1CN(c2ccc(F)cc2)C(=O)O1)S(=O)(=O)c1ccc2c(c1)OCO2. The molecule has 13 heteroatoms. The number of anilines is 1. The highest BCUT2D eigenvalue weighted by molar-refractivity contribution is 7.89. The summed E-state index contributed by atoms with van der Waals surface area (Å²) in [5, 5.41) is 25.7. The third-order valence-electron chi connectivity index (χ3n) is 7.41. The summed E-state index contributed by atoms with van der Waals surface area (Å²) in [4.78, 5) is 13.9. The average Bonchev–Trinajstić information content (AvgIpc) is 3.63. The normalized spacial score (nSPS) is 18.5. The van der Waals surface area contributed by atoms with E-state index in [-0.39, 0.29) is 43.7 Å². The number of carbonyl (C=O) groups is 1. The van der Waals surface area contributed by atoms with Gasteiger partial charge in [0.2, 0.25) is 16.8 Å². The predicted octanol–water partition coefficient (Wildman–Crippen LogP) is 3.11. The van der Waals surface area contributed by atoms with Gasteiger partial charge in [0.05, 0.1) is 17.5 Å². The number of rotatable bonds is 13. The van der Waals surface area contributed by atoms with Gasteiger partial charge >= 0.3 is 6.09 Å². The maximum absolute atomic E-state index is 13.8. The summed E-state index contributed by atoms with van der Waals surface area (Å²) in [7, 11) is -4.07. The molecule has 4 atom stereocenters. The Hall–Kier alpha value is -3.75. The molecule has 3 aromatic rings. The molecule has 0 bridgehead atoms. The zero-order valence-corrected chi connectivity index (χ0v) is 25.2. The molecular weight excluding hydrogens is 593 g/mol. The lowest BCUT2D eigenvalue weighted by Crippen LogP contribution is -2.55. The van der Waals surface area contributed by atoms with Crippen LogP contribution in [0.5, 0.6) is 11.5 Å². The number of ether oxygens (including phenoxy) is 3. The van der Waals surface area contributed by atoms with Crippen LogP contribution in [0.2, 0.25) is 0 Å². The Morgan fingerprint density at radius 2 is 1.70 bits per heavy atom. The van der Waals surface area contributed by atoms with Crippen LogP contribution >= 0.6 is 0 Å². The highest BCUT2D eigenvalue weighted by Crippen LogP contribution is 2.35. The lowest BCUT2D eigenvalue weighted by Gasteiger charge is -2.32. The van der Waals surface area contributed by atoms with Crippen molar-refractivity contribution >= 4 is 21.8 Å².